The number of thioether (sulfide) groups is 1. The van der Waals surface area contributed by atoms with Crippen LogP contribution in [0.15, 0.2) is 0 Å². The molecule has 0 aliphatic carbocycles. The zero-order valence-electron chi connectivity index (χ0n) is 9.29. The molecule has 0 aromatic carbocycles. The monoisotopic (exact) mass is 215 g/mol. The first-order chi connectivity index (χ1) is 6.75. The highest BCUT2D eigenvalue weighted by Crippen LogP contribution is 2.23. The van der Waals surface area contributed by atoms with Crippen molar-refractivity contribution in [3.05, 3.63) is 0 Å². The summed E-state index contributed by atoms with van der Waals surface area (Å²) in [6.45, 7) is 3.17. The molecular formula is C11H21NOS. The van der Waals surface area contributed by atoms with Crippen LogP contribution in [0, 0.1) is 0 Å². The fraction of sp³-hybridized carbons (Fsp3) is 0.909. The second kappa shape index (κ2) is 6.33. The van der Waals surface area contributed by atoms with Gasteiger partial charge in [-0.15, -0.1) is 11.8 Å². The summed E-state index contributed by atoms with van der Waals surface area (Å²) in [6.07, 6.45) is 6.26. The first-order valence-corrected chi connectivity index (χ1v) is 6.67. The Labute approximate surface area is 91.4 Å². The van der Waals surface area contributed by atoms with Crippen molar-refractivity contribution in [2.75, 3.05) is 19.3 Å². The average Bonchev–Trinajstić information content (AvgIpc) is 2.49. The maximum Gasteiger partial charge on any atom is 0.235 e. The van der Waals surface area contributed by atoms with Crippen molar-refractivity contribution in [1.82, 2.24) is 4.90 Å². The number of hydrogen-bond acceptors (Lipinski definition) is 2. The minimum Gasteiger partial charge on any atom is -0.345 e. The molecule has 1 aliphatic heterocycles. The Hall–Kier alpha value is -0.180. The van der Waals surface area contributed by atoms with Crippen molar-refractivity contribution in [2.45, 2.75) is 44.3 Å². The van der Waals surface area contributed by atoms with Gasteiger partial charge in [-0.1, -0.05) is 26.2 Å². The van der Waals surface area contributed by atoms with Gasteiger partial charge in [-0.25, -0.2) is 0 Å². The molecule has 1 rings (SSSR count). The summed E-state index contributed by atoms with van der Waals surface area (Å²) in [5, 5.41) is 0.265. The Morgan fingerprint density at radius 2 is 2.21 bits per heavy atom. The predicted molar refractivity (Wildman–Crippen MR) is 62.6 cm³/mol. The van der Waals surface area contributed by atoms with E-state index in [1.807, 2.05) is 23.7 Å². The topological polar surface area (TPSA) is 20.3 Å². The van der Waals surface area contributed by atoms with Crippen molar-refractivity contribution in [1.29, 1.82) is 0 Å². The average molecular weight is 215 g/mol. The lowest BCUT2D eigenvalue weighted by Gasteiger charge is -2.09. The van der Waals surface area contributed by atoms with Crippen LogP contribution >= 0.6 is 11.8 Å². The summed E-state index contributed by atoms with van der Waals surface area (Å²) in [5.74, 6) is 1.50. The molecule has 1 amide bonds. The van der Waals surface area contributed by atoms with Crippen LogP contribution in [0.2, 0.25) is 0 Å². The smallest absolute Gasteiger partial charge is 0.235 e. The second-order valence-electron chi connectivity index (χ2n) is 3.97. The van der Waals surface area contributed by atoms with Gasteiger partial charge in [0, 0.05) is 13.6 Å². The molecule has 82 valence electrons. The Morgan fingerprint density at radius 3 is 2.79 bits per heavy atom. The molecule has 3 heteroatoms. The van der Waals surface area contributed by atoms with Crippen molar-refractivity contribution < 1.29 is 4.79 Å². The molecule has 14 heavy (non-hydrogen) atoms. The summed E-state index contributed by atoms with van der Waals surface area (Å²) < 4.78 is 0. The number of unbranched alkanes of at least 4 members (excludes halogenated alkanes) is 3. The molecule has 0 aromatic heterocycles. The SMILES string of the molecule is CCCCCCS[C@H]1CCN(C)C1=O. The van der Waals surface area contributed by atoms with Crippen LogP contribution < -0.4 is 0 Å². The molecular weight excluding hydrogens is 194 g/mol. The zero-order valence-corrected chi connectivity index (χ0v) is 10.1. The van der Waals surface area contributed by atoms with Gasteiger partial charge in [0.05, 0.1) is 5.25 Å². The maximum absolute atomic E-state index is 11.5. The molecule has 0 saturated carbocycles. The fourth-order valence-corrected chi connectivity index (χ4v) is 2.95. The normalized spacial score (nSPS) is 22.0. The number of carbonyl (C=O) groups excluding carboxylic acids is 1. The second-order valence-corrected chi connectivity index (χ2v) is 5.28. The number of rotatable bonds is 6. The number of hydrogen-bond donors (Lipinski definition) is 0. The largest absolute Gasteiger partial charge is 0.345 e. The summed E-state index contributed by atoms with van der Waals surface area (Å²) in [7, 11) is 1.90. The van der Waals surface area contributed by atoms with Crippen molar-refractivity contribution in [3.8, 4) is 0 Å². The third-order valence-electron chi connectivity index (χ3n) is 2.70. The third kappa shape index (κ3) is 3.52. The molecule has 1 saturated heterocycles. The van der Waals surface area contributed by atoms with Gasteiger partial charge in [0.15, 0.2) is 0 Å². The summed E-state index contributed by atoms with van der Waals surface area (Å²) in [4.78, 5) is 13.4. The molecule has 1 heterocycles. The van der Waals surface area contributed by atoms with Gasteiger partial charge in [-0.05, 0) is 18.6 Å². The highest BCUT2D eigenvalue weighted by atomic mass is 32.2. The minimum absolute atomic E-state index is 0.265. The third-order valence-corrected chi connectivity index (χ3v) is 4.06. The van der Waals surface area contributed by atoms with E-state index in [-0.39, 0.29) is 5.25 Å². The van der Waals surface area contributed by atoms with Gasteiger partial charge in [-0.3, -0.25) is 4.79 Å². The highest BCUT2D eigenvalue weighted by Gasteiger charge is 2.28. The van der Waals surface area contributed by atoms with Gasteiger partial charge in [0.1, 0.15) is 0 Å². The quantitative estimate of drug-likeness (QED) is 0.635. The standard InChI is InChI=1S/C11H21NOS/c1-3-4-5-6-9-14-10-7-8-12(2)11(10)13/h10H,3-9H2,1-2H3/t10-/m0/s1. The van der Waals surface area contributed by atoms with E-state index < -0.39 is 0 Å². The van der Waals surface area contributed by atoms with Gasteiger partial charge in [0.25, 0.3) is 0 Å². The molecule has 1 atom stereocenters. The van der Waals surface area contributed by atoms with Crippen molar-refractivity contribution in [2.24, 2.45) is 0 Å². The molecule has 1 fully saturated rings. The molecule has 2 nitrogen and oxygen atoms in total. The molecule has 0 radical (unpaired) electrons. The first kappa shape index (κ1) is 11.9. The van der Waals surface area contributed by atoms with Crippen LogP contribution in [0.4, 0.5) is 0 Å². The Morgan fingerprint density at radius 1 is 1.43 bits per heavy atom. The molecule has 1 aliphatic rings. The number of amides is 1. The van der Waals surface area contributed by atoms with Crippen molar-refractivity contribution in [3.63, 3.8) is 0 Å². The molecule has 0 bridgehead atoms. The van der Waals surface area contributed by atoms with Crippen LogP contribution in [0.1, 0.15) is 39.0 Å². The number of likely N-dealkylation sites (tertiary alicyclic amines) is 1. The highest BCUT2D eigenvalue weighted by molar-refractivity contribution is 8.00. The minimum atomic E-state index is 0.265. The van der Waals surface area contributed by atoms with Crippen LogP contribution in [0.25, 0.3) is 0 Å². The number of nitrogens with zero attached hydrogens (tertiary/aromatic N) is 1. The maximum atomic E-state index is 11.5. The summed E-state index contributed by atoms with van der Waals surface area (Å²) in [6, 6.07) is 0. The molecule has 0 unspecified atom stereocenters. The molecule has 0 aromatic rings. The lowest BCUT2D eigenvalue weighted by atomic mass is 10.2. The first-order valence-electron chi connectivity index (χ1n) is 5.62. The van der Waals surface area contributed by atoms with E-state index in [2.05, 4.69) is 6.92 Å². The lowest BCUT2D eigenvalue weighted by molar-refractivity contribution is -0.126. The molecule has 0 N–H and O–H groups in total. The van der Waals surface area contributed by atoms with Gasteiger partial charge in [0.2, 0.25) is 5.91 Å². The van der Waals surface area contributed by atoms with E-state index >= 15 is 0 Å². The van der Waals surface area contributed by atoms with Gasteiger partial charge >= 0.3 is 0 Å². The van der Waals surface area contributed by atoms with Crippen LogP contribution in [-0.4, -0.2) is 35.4 Å². The van der Waals surface area contributed by atoms with Gasteiger partial charge < -0.3 is 4.90 Å². The Kier molecular flexibility index (Phi) is 5.38. The van der Waals surface area contributed by atoms with Crippen LogP contribution in [-0.2, 0) is 4.79 Å². The van der Waals surface area contributed by atoms with Crippen molar-refractivity contribution >= 4 is 17.7 Å². The zero-order chi connectivity index (χ0) is 10.4. The summed E-state index contributed by atoms with van der Waals surface area (Å²) in [5.41, 5.74) is 0. The van der Waals surface area contributed by atoms with E-state index in [1.54, 1.807) is 0 Å². The number of carbonyl (C=O) groups is 1. The lowest BCUT2D eigenvalue weighted by Crippen LogP contribution is -2.23. The fourth-order valence-electron chi connectivity index (χ4n) is 1.70. The predicted octanol–water partition coefficient (Wildman–Crippen LogP) is 2.53. The Balaban J connectivity index is 2.04. The van der Waals surface area contributed by atoms with Crippen LogP contribution in [0.5, 0.6) is 0 Å². The Bertz CT molecular complexity index is 184. The van der Waals surface area contributed by atoms with E-state index in [9.17, 15) is 4.79 Å². The summed E-state index contributed by atoms with van der Waals surface area (Å²) >= 11 is 1.86. The van der Waals surface area contributed by atoms with Crippen LogP contribution in [0.3, 0.4) is 0 Å². The van der Waals surface area contributed by atoms with E-state index in [1.165, 1.54) is 25.7 Å². The van der Waals surface area contributed by atoms with E-state index in [0.717, 1.165) is 18.7 Å². The van der Waals surface area contributed by atoms with E-state index in [4.69, 9.17) is 0 Å². The van der Waals surface area contributed by atoms with E-state index in [0.29, 0.717) is 5.91 Å². The molecule has 0 spiro atoms. The van der Waals surface area contributed by atoms with Gasteiger partial charge in [-0.2, -0.15) is 0 Å².